The standard InChI is InChI=1S/C22H24N6O/c23-20-8-16-18(11-24-19(16)12-25-20)14-6-15-10-27-28-21(15)17(7-14)22(29)26-9-13-4-2-1-3-5-13/h6-8,10-13,24H,1-5,9H2,(H2,23,25)(H,26,29)(H,27,28). The second-order valence-electron chi connectivity index (χ2n) is 7.93. The van der Waals surface area contributed by atoms with Crippen LogP contribution in [0.15, 0.2) is 36.8 Å². The third-order valence-electron chi connectivity index (χ3n) is 5.97. The average Bonchev–Trinajstić information content (AvgIpc) is 3.38. The third-order valence-corrected chi connectivity index (χ3v) is 5.97. The number of carbonyl (C=O) groups excluding carboxylic acids is 1. The minimum Gasteiger partial charge on any atom is -0.384 e. The van der Waals surface area contributed by atoms with Gasteiger partial charge in [-0.1, -0.05) is 19.3 Å². The maximum Gasteiger partial charge on any atom is 0.253 e. The number of nitrogens with two attached hydrogens (primary N) is 1. The Bertz CT molecular complexity index is 1180. The summed E-state index contributed by atoms with van der Waals surface area (Å²) in [5, 5.41) is 12.2. The summed E-state index contributed by atoms with van der Waals surface area (Å²) in [6, 6.07) is 5.81. The van der Waals surface area contributed by atoms with Crippen molar-refractivity contribution < 1.29 is 4.79 Å². The maximum atomic E-state index is 13.0. The number of H-pyrrole nitrogens is 2. The number of hydrogen-bond donors (Lipinski definition) is 4. The number of hydrogen-bond acceptors (Lipinski definition) is 4. The van der Waals surface area contributed by atoms with Gasteiger partial charge in [0, 0.05) is 29.1 Å². The molecule has 3 aromatic heterocycles. The van der Waals surface area contributed by atoms with Gasteiger partial charge >= 0.3 is 0 Å². The molecule has 0 atom stereocenters. The number of fused-ring (bicyclic) bond motifs is 2. The zero-order chi connectivity index (χ0) is 19.8. The Morgan fingerprint density at radius 1 is 1.17 bits per heavy atom. The quantitative estimate of drug-likeness (QED) is 0.423. The van der Waals surface area contributed by atoms with E-state index < -0.39 is 0 Å². The molecule has 0 unspecified atom stereocenters. The molecule has 148 valence electrons. The molecule has 0 aliphatic heterocycles. The van der Waals surface area contributed by atoms with Crippen molar-refractivity contribution in [3.8, 4) is 11.1 Å². The highest BCUT2D eigenvalue weighted by atomic mass is 16.1. The Kier molecular flexibility index (Phi) is 4.42. The summed E-state index contributed by atoms with van der Waals surface area (Å²) in [6.07, 6.45) is 11.6. The van der Waals surface area contributed by atoms with Crippen LogP contribution in [-0.2, 0) is 0 Å². The number of amides is 1. The Morgan fingerprint density at radius 3 is 2.90 bits per heavy atom. The molecule has 7 nitrogen and oxygen atoms in total. The van der Waals surface area contributed by atoms with Crippen LogP contribution in [0.1, 0.15) is 42.5 Å². The summed E-state index contributed by atoms with van der Waals surface area (Å²) >= 11 is 0. The van der Waals surface area contributed by atoms with Crippen molar-refractivity contribution >= 4 is 33.5 Å². The van der Waals surface area contributed by atoms with Crippen molar-refractivity contribution in [1.29, 1.82) is 0 Å². The summed E-state index contributed by atoms with van der Waals surface area (Å²) < 4.78 is 0. The van der Waals surface area contributed by atoms with Crippen molar-refractivity contribution in [3.63, 3.8) is 0 Å². The second-order valence-corrected chi connectivity index (χ2v) is 7.93. The highest BCUT2D eigenvalue weighted by Gasteiger charge is 2.18. The number of carbonyl (C=O) groups is 1. The van der Waals surface area contributed by atoms with Gasteiger partial charge in [0.05, 0.1) is 29.0 Å². The Hall–Kier alpha value is -3.35. The van der Waals surface area contributed by atoms with E-state index >= 15 is 0 Å². The number of benzene rings is 1. The smallest absolute Gasteiger partial charge is 0.253 e. The van der Waals surface area contributed by atoms with Crippen molar-refractivity contribution in [3.05, 3.63) is 42.4 Å². The molecule has 1 fully saturated rings. The van der Waals surface area contributed by atoms with Gasteiger partial charge in [0.15, 0.2) is 0 Å². The first-order chi connectivity index (χ1) is 14.2. The topological polar surface area (TPSA) is 112 Å². The number of aromatic amines is 2. The van der Waals surface area contributed by atoms with Gasteiger partial charge in [0.25, 0.3) is 5.91 Å². The Balaban J connectivity index is 1.51. The molecular formula is C22H24N6O. The zero-order valence-electron chi connectivity index (χ0n) is 16.2. The van der Waals surface area contributed by atoms with Crippen molar-refractivity contribution in [2.75, 3.05) is 12.3 Å². The molecule has 3 heterocycles. The number of rotatable bonds is 4. The lowest BCUT2D eigenvalue weighted by Gasteiger charge is -2.21. The van der Waals surface area contributed by atoms with E-state index in [4.69, 9.17) is 5.73 Å². The predicted octanol–water partition coefficient (Wildman–Crippen LogP) is 4.00. The lowest BCUT2D eigenvalue weighted by atomic mass is 9.89. The number of pyridine rings is 1. The van der Waals surface area contributed by atoms with Gasteiger partial charge in [0.2, 0.25) is 0 Å². The van der Waals surface area contributed by atoms with Gasteiger partial charge in [-0.2, -0.15) is 5.10 Å². The highest BCUT2D eigenvalue weighted by Crippen LogP contribution is 2.32. The molecule has 5 N–H and O–H groups in total. The van der Waals surface area contributed by atoms with Crippen LogP contribution in [0, 0.1) is 5.92 Å². The van der Waals surface area contributed by atoms with E-state index in [9.17, 15) is 4.79 Å². The van der Waals surface area contributed by atoms with Crippen LogP contribution in [0.2, 0.25) is 0 Å². The fourth-order valence-corrected chi connectivity index (χ4v) is 4.39. The van der Waals surface area contributed by atoms with Crippen LogP contribution in [0.4, 0.5) is 5.82 Å². The summed E-state index contributed by atoms with van der Waals surface area (Å²) in [6.45, 7) is 0.730. The number of nitrogens with one attached hydrogen (secondary N) is 3. The molecule has 1 aromatic carbocycles. The van der Waals surface area contributed by atoms with Crippen molar-refractivity contribution in [1.82, 2.24) is 25.5 Å². The molecule has 0 spiro atoms. The first kappa shape index (κ1) is 17.7. The van der Waals surface area contributed by atoms with Crippen LogP contribution >= 0.6 is 0 Å². The van der Waals surface area contributed by atoms with E-state index in [-0.39, 0.29) is 5.91 Å². The zero-order valence-corrected chi connectivity index (χ0v) is 16.2. The molecule has 4 aromatic rings. The van der Waals surface area contributed by atoms with Crippen molar-refractivity contribution in [2.24, 2.45) is 5.92 Å². The molecule has 1 amide bonds. The third kappa shape index (κ3) is 3.33. The number of nitrogen functional groups attached to an aromatic ring is 1. The fraction of sp³-hybridized carbons (Fsp3) is 0.318. The monoisotopic (exact) mass is 388 g/mol. The van der Waals surface area contributed by atoms with Crippen LogP contribution in [0.5, 0.6) is 0 Å². The second kappa shape index (κ2) is 7.24. The highest BCUT2D eigenvalue weighted by molar-refractivity contribution is 6.08. The number of anilines is 1. The molecule has 29 heavy (non-hydrogen) atoms. The first-order valence-corrected chi connectivity index (χ1v) is 10.2. The summed E-state index contributed by atoms with van der Waals surface area (Å²) in [5.41, 5.74) is 10.1. The minimum atomic E-state index is -0.0623. The SMILES string of the molecule is Nc1cc2c(-c3cc(C(=O)NCC4CCCCC4)c4[nH]ncc4c3)c[nH]c2cn1. The van der Waals surface area contributed by atoms with Gasteiger partial charge in [-0.25, -0.2) is 4.98 Å². The molecule has 0 radical (unpaired) electrons. The first-order valence-electron chi connectivity index (χ1n) is 10.2. The van der Waals surface area contributed by atoms with E-state index in [1.165, 1.54) is 32.1 Å². The van der Waals surface area contributed by atoms with E-state index in [1.54, 1.807) is 12.4 Å². The summed E-state index contributed by atoms with van der Waals surface area (Å²) in [7, 11) is 0. The molecule has 1 saturated carbocycles. The van der Waals surface area contributed by atoms with Crippen molar-refractivity contribution in [2.45, 2.75) is 32.1 Å². The van der Waals surface area contributed by atoms with Gasteiger partial charge < -0.3 is 16.0 Å². The largest absolute Gasteiger partial charge is 0.384 e. The van der Waals surface area contributed by atoms with Crippen LogP contribution < -0.4 is 11.1 Å². The molecular weight excluding hydrogens is 364 g/mol. The minimum absolute atomic E-state index is 0.0623. The molecule has 1 aliphatic carbocycles. The predicted molar refractivity (Wildman–Crippen MR) is 115 cm³/mol. The maximum absolute atomic E-state index is 13.0. The average molecular weight is 388 g/mol. The summed E-state index contributed by atoms with van der Waals surface area (Å²) in [4.78, 5) is 20.4. The Morgan fingerprint density at radius 2 is 2.03 bits per heavy atom. The van der Waals surface area contributed by atoms with E-state index in [0.29, 0.717) is 17.3 Å². The fourth-order valence-electron chi connectivity index (χ4n) is 4.39. The number of nitrogens with zero attached hydrogens (tertiary/aromatic N) is 2. The lowest BCUT2D eigenvalue weighted by Crippen LogP contribution is -2.30. The lowest BCUT2D eigenvalue weighted by molar-refractivity contribution is 0.0945. The molecule has 1 aliphatic rings. The van der Waals surface area contributed by atoms with Crippen LogP contribution in [0.3, 0.4) is 0 Å². The molecule has 0 bridgehead atoms. The van der Waals surface area contributed by atoms with E-state index in [0.717, 1.165) is 39.5 Å². The number of aromatic nitrogens is 4. The van der Waals surface area contributed by atoms with E-state index in [2.05, 4.69) is 25.5 Å². The molecule has 5 rings (SSSR count). The van der Waals surface area contributed by atoms with Gasteiger partial charge in [-0.3, -0.25) is 9.89 Å². The normalized spacial score (nSPS) is 15.2. The van der Waals surface area contributed by atoms with Gasteiger partial charge in [-0.05, 0) is 42.5 Å². The van der Waals surface area contributed by atoms with Gasteiger partial charge in [0.1, 0.15) is 5.82 Å². The van der Waals surface area contributed by atoms with Crippen LogP contribution in [0.25, 0.3) is 32.9 Å². The van der Waals surface area contributed by atoms with E-state index in [1.807, 2.05) is 24.4 Å². The Labute approximate surface area is 168 Å². The molecule has 0 saturated heterocycles. The van der Waals surface area contributed by atoms with Gasteiger partial charge in [-0.15, -0.1) is 0 Å². The summed E-state index contributed by atoms with van der Waals surface area (Å²) in [5.74, 6) is 0.984. The molecule has 7 heteroatoms. The van der Waals surface area contributed by atoms with Crippen LogP contribution in [-0.4, -0.2) is 32.6 Å².